The number of carboxylic acid groups (broad SMARTS) is 1. The van der Waals surface area contributed by atoms with Gasteiger partial charge in [0.1, 0.15) is 6.04 Å². The fourth-order valence-electron chi connectivity index (χ4n) is 4.32. The molecule has 0 saturated carbocycles. The minimum Gasteiger partial charge on any atom is -0.478 e. The summed E-state index contributed by atoms with van der Waals surface area (Å²) in [6.07, 6.45) is 5.32. The van der Waals surface area contributed by atoms with Gasteiger partial charge in [-0.15, -0.1) is 0 Å². The fraction of sp³-hybridized carbons (Fsp3) is 0.800. The molecule has 2 amide bonds. The summed E-state index contributed by atoms with van der Waals surface area (Å²) in [5.74, 6) is -1.22. The summed E-state index contributed by atoms with van der Waals surface area (Å²) in [5.41, 5.74) is -0.287. The van der Waals surface area contributed by atoms with Crippen LogP contribution in [-0.2, 0) is 14.4 Å². The molecule has 1 aliphatic heterocycles. The largest absolute Gasteiger partial charge is 0.478 e. The molecule has 7 heteroatoms. The van der Waals surface area contributed by atoms with E-state index in [1.54, 1.807) is 24.9 Å². The maximum absolute atomic E-state index is 13.7. The number of carbonyl (C=O) groups is 3. The highest BCUT2D eigenvalue weighted by molar-refractivity contribution is 5.91. The molecule has 0 aromatic rings. The van der Waals surface area contributed by atoms with Crippen LogP contribution in [0.15, 0.2) is 11.6 Å². The van der Waals surface area contributed by atoms with Crippen LogP contribution < -0.4 is 5.32 Å². The van der Waals surface area contributed by atoms with Crippen molar-refractivity contribution in [2.24, 2.45) is 11.3 Å². The minimum absolute atomic E-state index is 0.0735. The average Bonchev–Trinajstić information content (AvgIpc) is 2.72. The summed E-state index contributed by atoms with van der Waals surface area (Å²) in [4.78, 5) is 42.2. The summed E-state index contributed by atoms with van der Waals surface area (Å²) in [7, 11) is 1.71. The zero-order chi connectivity index (χ0) is 24.8. The molecule has 1 saturated heterocycles. The number of nitrogens with one attached hydrogen (secondary N) is 1. The maximum Gasteiger partial charge on any atom is 0.331 e. The number of amides is 2. The van der Waals surface area contributed by atoms with Crippen LogP contribution in [0.2, 0.25) is 0 Å². The zero-order valence-corrected chi connectivity index (χ0v) is 21.6. The molecule has 0 bridgehead atoms. The average molecular weight is 452 g/mol. The van der Waals surface area contributed by atoms with Crippen LogP contribution in [0.4, 0.5) is 0 Å². The normalized spacial score (nSPS) is 21.1. The number of carbonyl (C=O) groups excluding carboxylic acids is 2. The van der Waals surface area contributed by atoms with Crippen LogP contribution in [0, 0.1) is 11.3 Å². The van der Waals surface area contributed by atoms with Gasteiger partial charge in [-0.05, 0) is 51.5 Å². The van der Waals surface area contributed by atoms with Crippen molar-refractivity contribution in [1.82, 2.24) is 15.1 Å². The zero-order valence-electron chi connectivity index (χ0n) is 21.6. The molecule has 4 atom stereocenters. The van der Waals surface area contributed by atoms with Crippen LogP contribution in [0.1, 0.15) is 81.1 Å². The lowest BCUT2D eigenvalue weighted by atomic mass is 9.84. The van der Waals surface area contributed by atoms with Crippen LogP contribution in [0.25, 0.3) is 0 Å². The van der Waals surface area contributed by atoms with E-state index in [1.807, 2.05) is 34.6 Å². The molecular formula is C25H45N3O4. The molecule has 32 heavy (non-hydrogen) atoms. The lowest BCUT2D eigenvalue weighted by Gasteiger charge is -2.41. The first-order chi connectivity index (χ1) is 14.7. The highest BCUT2D eigenvalue weighted by Gasteiger charge is 2.40. The van der Waals surface area contributed by atoms with E-state index in [2.05, 4.69) is 24.1 Å². The number of rotatable bonds is 9. The van der Waals surface area contributed by atoms with E-state index in [0.29, 0.717) is 0 Å². The molecule has 0 aliphatic carbocycles. The van der Waals surface area contributed by atoms with Crippen molar-refractivity contribution in [2.45, 2.75) is 105 Å². The van der Waals surface area contributed by atoms with Gasteiger partial charge in [0.25, 0.3) is 0 Å². The molecular weight excluding hydrogens is 406 g/mol. The van der Waals surface area contributed by atoms with Gasteiger partial charge in [-0.1, -0.05) is 53.5 Å². The quantitative estimate of drug-likeness (QED) is 0.522. The first kappa shape index (κ1) is 28.1. The van der Waals surface area contributed by atoms with Crippen molar-refractivity contribution >= 4 is 17.8 Å². The van der Waals surface area contributed by atoms with E-state index in [-0.39, 0.29) is 41.4 Å². The van der Waals surface area contributed by atoms with Crippen molar-refractivity contribution < 1.29 is 19.5 Å². The SMILES string of the molecule is CC[C@H](C)C(/C=C(\C)C(=O)O)N(C)C(=O)[C@@H](NC(=O)[C@H]1CCCCN1C(C)C)C(C)(C)C. The maximum atomic E-state index is 13.7. The van der Waals surface area contributed by atoms with Gasteiger partial charge in [0, 0.05) is 18.7 Å². The second-order valence-corrected chi connectivity index (χ2v) is 10.6. The number of nitrogens with zero attached hydrogens (tertiary/aromatic N) is 2. The fourth-order valence-corrected chi connectivity index (χ4v) is 4.32. The van der Waals surface area contributed by atoms with E-state index in [4.69, 9.17) is 0 Å². The molecule has 0 radical (unpaired) electrons. The van der Waals surface area contributed by atoms with Crippen molar-refractivity contribution in [3.8, 4) is 0 Å². The van der Waals surface area contributed by atoms with E-state index in [0.717, 1.165) is 32.2 Å². The van der Waals surface area contributed by atoms with Gasteiger partial charge < -0.3 is 15.3 Å². The predicted octanol–water partition coefficient (Wildman–Crippen LogP) is 3.68. The summed E-state index contributed by atoms with van der Waals surface area (Å²) in [6, 6.07) is -1.05. The molecule has 1 aliphatic rings. The smallest absolute Gasteiger partial charge is 0.331 e. The molecule has 1 fully saturated rings. The van der Waals surface area contributed by atoms with Crippen LogP contribution >= 0.6 is 0 Å². The van der Waals surface area contributed by atoms with E-state index in [9.17, 15) is 19.5 Å². The predicted molar refractivity (Wildman–Crippen MR) is 128 cm³/mol. The lowest BCUT2D eigenvalue weighted by Crippen LogP contribution is -2.60. The third-order valence-corrected chi connectivity index (χ3v) is 6.69. The van der Waals surface area contributed by atoms with E-state index in [1.165, 1.54) is 0 Å². The van der Waals surface area contributed by atoms with Gasteiger partial charge in [0.05, 0.1) is 12.1 Å². The first-order valence-electron chi connectivity index (χ1n) is 12.0. The first-order valence-corrected chi connectivity index (χ1v) is 12.0. The Morgan fingerprint density at radius 3 is 2.25 bits per heavy atom. The molecule has 0 spiro atoms. The summed E-state index contributed by atoms with van der Waals surface area (Å²) in [5, 5.41) is 12.4. The minimum atomic E-state index is -0.995. The Morgan fingerprint density at radius 1 is 1.19 bits per heavy atom. The van der Waals surface area contributed by atoms with Crippen molar-refractivity contribution in [3.05, 3.63) is 11.6 Å². The molecule has 2 N–H and O–H groups in total. The highest BCUT2D eigenvalue weighted by atomic mass is 16.4. The van der Waals surface area contributed by atoms with Crippen molar-refractivity contribution in [1.29, 1.82) is 0 Å². The number of carboxylic acids is 1. The Bertz CT molecular complexity index is 696. The summed E-state index contributed by atoms with van der Waals surface area (Å²) < 4.78 is 0. The van der Waals surface area contributed by atoms with Gasteiger partial charge in [0.15, 0.2) is 0 Å². The second kappa shape index (κ2) is 11.8. The number of likely N-dealkylation sites (tertiary alicyclic amines) is 1. The number of aliphatic carboxylic acids is 1. The van der Waals surface area contributed by atoms with Crippen LogP contribution in [0.5, 0.6) is 0 Å². The topological polar surface area (TPSA) is 90.0 Å². The Morgan fingerprint density at radius 2 is 1.78 bits per heavy atom. The standard InChI is InChI=1S/C25H45N3O4/c1-10-17(4)20(15-18(5)24(31)32)27(9)23(30)21(25(6,7)8)26-22(29)19-13-11-12-14-28(19)16(2)3/h15-17,19-21H,10-14H2,1-9H3,(H,26,29)(H,31,32)/b18-15+/t17-,19+,20?,21+/m0/s1. The van der Waals surface area contributed by atoms with Gasteiger partial charge in [0.2, 0.25) is 11.8 Å². The Labute approximate surface area is 194 Å². The molecule has 1 heterocycles. The van der Waals surface area contributed by atoms with Crippen LogP contribution in [0.3, 0.4) is 0 Å². The monoisotopic (exact) mass is 451 g/mol. The second-order valence-electron chi connectivity index (χ2n) is 10.6. The van der Waals surface area contributed by atoms with E-state index < -0.39 is 17.4 Å². The number of hydrogen-bond acceptors (Lipinski definition) is 4. The van der Waals surface area contributed by atoms with Crippen molar-refractivity contribution in [2.75, 3.05) is 13.6 Å². The van der Waals surface area contributed by atoms with Gasteiger partial charge in [-0.25, -0.2) is 4.79 Å². The molecule has 0 aromatic heterocycles. The molecule has 0 aromatic carbocycles. The molecule has 1 unspecified atom stereocenters. The number of piperidine rings is 1. The highest BCUT2D eigenvalue weighted by Crippen LogP contribution is 2.26. The van der Waals surface area contributed by atoms with Crippen molar-refractivity contribution in [3.63, 3.8) is 0 Å². The summed E-state index contributed by atoms with van der Waals surface area (Å²) >= 11 is 0. The lowest BCUT2D eigenvalue weighted by molar-refractivity contribution is -0.142. The third-order valence-electron chi connectivity index (χ3n) is 6.69. The molecule has 1 rings (SSSR count). The van der Waals surface area contributed by atoms with E-state index >= 15 is 0 Å². The van der Waals surface area contributed by atoms with Crippen LogP contribution in [-0.4, -0.2) is 70.4 Å². The molecule has 184 valence electrons. The van der Waals surface area contributed by atoms with Gasteiger partial charge in [-0.3, -0.25) is 14.5 Å². The Balaban J connectivity index is 3.19. The third kappa shape index (κ3) is 7.32. The number of likely N-dealkylation sites (N-methyl/N-ethyl adjacent to an activating group) is 1. The Kier molecular flexibility index (Phi) is 10.4. The molecule has 7 nitrogen and oxygen atoms in total. The Hall–Kier alpha value is -1.89. The van der Waals surface area contributed by atoms with Gasteiger partial charge >= 0.3 is 5.97 Å². The number of hydrogen-bond donors (Lipinski definition) is 2. The summed E-state index contributed by atoms with van der Waals surface area (Å²) in [6.45, 7) is 16.5. The van der Waals surface area contributed by atoms with Gasteiger partial charge in [-0.2, -0.15) is 0 Å².